The number of carbonyl (C=O) groups is 1. The quantitative estimate of drug-likeness (QED) is 0.671. The molecule has 0 bridgehead atoms. The molecule has 1 aromatic heterocycles. The third-order valence-corrected chi connectivity index (χ3v) is 5.47. The second-order valence-electron chi connectivity index (χ2n) is 6.36. The summed E-state index contributed by atoms with van der Waals surface area (Å²) in [5.74, 6) is 0.510. The van der Waals surface area contributed by atoms with E-state index in [4.69, 9.17) is 0 Å². The fourth-order valence-corrected chi connectivity index (χ4v) is 3.85. The van der Waals surface area contributed by atoms with Gasteiger partial charge in [-0.2, -0.15) is 4.68 Å². The van der Waals surface area contributed by atoms with E-state index < -0.39 is 0 Å². The van der Waals surface area contributed by atoms with E-state index >= 15 is 0 Å². The van der Waals surface area contributed by atoms with Crippen LogP contribution in [-0.4, -0.2) is 55.0 Å². The number of phenols is 1. The van der Waals surface area contributed by atoms with E-state index in [1.54, 1.807) is 28.9 Å². The van der Waals surface area contributed by atoms with Crippen LogP contribution in [0.4, 0.5) is 0 Å². The zero-order valence-corrected chi connectivity index (χ0v) is 15.9. The van der Waals surface area contributed by atoms with Crippen LogP contribution in [0, 0.1) is 0 Å². The van der Waals surface area contributed by atoms with Crippen molar-refractivity contribution in [3.63, 3.8) is 0 Å². The summed E-state index contributed by atoms with van der Waals surface area (Å²) in [6.45, 7) is 1.33. The number of hydrogen-bond donors (Lipinski definition) is 1. The van der Waals surface area contributed by atoms with Crippen molar-refractivity contribution in [2.75, 3.05) is 18.8 Å². The first-order chi connectivity index (χ1) is 13.7. The molecule has 1 aliphatic rings. The summed E-state index contributed by atoms with van der Waals surface area (Å²) in [4.78, 5) is 14.4. The highest BCUT2D eigenvalue weighted by Gasteiger charge is 2.19. The maximum absolute atomic E-state index is 12.6. The van der Waals surface area contributed by atoms with Gasteiger partial charge in [0.2, 0.25) is 11.1 Å². The van der Waals surface area contributed by atoms with Crippen molar-refractivity contribution in [1.82, 2.24) is 25.1 Å². The van der Waals surface area contributed by atoms with Gasteiger partial charge in [-0.15, -0.1) is 5.10 Å². The van der Waals surface area contributed by atoms with Crippen molar-refractivity contribution in [3.8, 4) is 11.4 Å². The predicted octanol–water partition coefficient (Wildman–Crippen LogP) is 2.78. The number of amides is 1. The molecule has 0 fully saturated rings. The van der Waals surface area contributed by atoms with Crippen molar-refractivity contribution < 1.29 is 9.90 Å². The Labute approximate surface area is 166 Å². The highest BCUT2D eigenvalue weighted by atomic mass is 32.2. The van der Waals surface area contributed by atoms with Crippen LogP contribution in [-0.2, 0) is 4.79 Å². The number of carbonyl (C=O) groups excluding carboxylic acids is 1. The molecule has 28 heavy (non-hydrogen) atoms. The monoisotopic (exact) mass is 393 g/mol. The first kappa shape index (κ1) is 18.2. The number of aromatic nitrogens is 4. The molecule has 2 heterocycles. The molecule has 2 aromatic carbocycles. The van der Waals surface area contributed by atoms with Crippen LogP contribution in [0.3, 0.4) is 0 Å². The maximum Gasteiger partial charge on any atom is 0.233 e. The molecule has 0 saturated heterocycles. The third-order valence-electron chi connectivity index (χ3n) is 4.57. The smallest absolute Gasteiger partial charge is 0.233 e. The summed E-state index contributed by atoms with van der Waals surface area (Å²) in [6.07, 6.45) is 2.98. The lowest BCUT2D eigenvalue weighted by atomic mass is 10.00. The summed E-state index contributed by atoms with van der Waals surface area (Å²) in [5.41, 5.74) is 3.23. The van der Waals surface area contributed by atoms with Gasteiger partial charge in [0, 0.05) is 13.1 Å². The number of nitrogens with zero attached hydrogens (tertiary/aromatic N) is 5. The summed E-state index contributed by atoms with van der Waals surface area (Å²) in [5, 5.41) is 21.6. The van der Waals surface area contributed by atoms with Gasteiger partial charge in [-0.25, -0.2) is 0 Å². The molecule has 1 aliphatic heterocycles. The Morgan fingerprint density at radius 1 is 1.11 bits per heavy atom. The van der Waals surface area contributed by atoms with Crippen LogP contribution in [0.25, 0.3) is 11.3 Å². The largest absolute Gasteiger partial charge is 0.508 e. The van der Waals surface area contributed by atoms with Crippen molar-refractivity contribution in [2.45, 2.75) is 11.6 Å². The number of aromatic hydroxyl groups is 1. The number of rotatable bonds is 5. The van der Waals surface area contributed by atoms with E-state index in [9.17, 15) is 9.90 Å². The zero-order chi connectivity index (χ0) is 19.3. The van der Waals surface area contributed by atoms with Crippen LogP contribution in [0.2, 0.25) is 0 Å². The van der Waals surface area contributed by atoms with Crippen molar-refractivity contribution in [1.29, 1.82) is 0 Å². The van der Waals surface area contributed by atoms with Crippen molar-refractivity contribution in [3.05, 3.63) is 66.2 Å². The van der Waals surface area contributed by atoms with E-state index in [0.29, 0.717) is 18.2 Å². The Morgan fingerprint density at radius 3 is 2.61 bits per heavy atom. The standard InChI is InChI=1S/C20H19N5O2S/c26-18-8-6-17(7-9-18)25-20(21-22-23-25)28-14-19(27)24-12-10-16(11-13-24)15-4-2-1-3-5-15/h1-10,26H,11-14H2. The van der Waals surface area contributed by atoms with Crippen LogP contribution in [0.1, 0.15) is 12.0 Å². The Bertz CT molecular complexity index is 985. The van der Waals surface area contributed by atoms with Crippen molar-refractivity contribution >= 4 is 23.2 Å². The molecule has 1 N–H and O–H groups in total. The first-order valence-corrected chi connectivity index (χ1v) is 9.92. The highest BCUT2D eigenvalue weighted by molar-refractivity contribution is 7.99. The van der Waals surface area contributed by atoms with Gasteiger partial charge in [0.15, 0.2) is 0 Å². The van der Waals surface area contributed by atoms with Crippen molar-refractivity contribution in [2.24, 2.45) is 0 Å². The van der Waals surface area contributed by atoms with E-state index in [1.807, 2.05) is 23.1 Å². The first-order valence-electron chi connectivity index (χ1n) is 8.93. The zero-order valence-electron chi connectivity index (χ0n) is 15.1. The van der Waals surface area contributed by atoms with Gasteiger partial charge in [-0.1, -0.05) is 48.2 Å². The van der Waals surface area contributed by atoms with E-state index in [-0.39, 0.29) is 17.4 Å². The molecule has 0 radical (unpaired) electrons. The van der Waals surface area contributed by atoms with Gasteiger partial charge in [0.05, 0.1) is 11.4 Å². The van der Waals surface area contributed by atoms with Gasteiger partial charge >= 0.3 is 0 Å². The summed E-state index contributed by atoms with van der Waals surface area (Å²) in [7, 11) is 0. The molecule has 8 heteroatoms. The molecular formula is C20H19N5O2S. The van der Waals surface area contributed by atoms with Crippen LogP contribution >= 0.6 is 11.8 Å². The third kappa shape index (κ3) is 4.07. The lowest BCUT2D eigenvalue weighted by molar-refractivity contribution is -0.127. The molecule has 0 unspecified atom stereocenters. The normalized spacial score (nSPS) is 14.0. The van der Waals surface area contributed by atoms with Gasteiger partial charge in [0.25, 0.3) is 0 Å². The fourth-order valence-electron chi connectivity index (χ4n) is 3.05. The SMILES string of the molecule is O=C(CSc1nnnn1-c1ccc(O)cc1)N1CC=C(c2ccccc2)CC1. The number of thioether (sulfide) groups is 1. The Balaban J connectivity index is 1.36. The minimum Gasteiger partial charge on any atom is -0.508 e. The number of tetrazole rings is 1. The molecular weight excluding hydrogens is 374 g/mol. The second kappa shape index (κ2) is 8.26. The summed E-state index contributed by atoms with van der Waals surface area (Å²) < 4.78 is 1.56. The predicted molar refractivity (Wildman–Crippen MR) is 107 cm³/mol. The molecule has 1 amide bonds. The number of benzene rings is 2. The van der Waals surface area contributed by atoms with Gasteiger partial charge in [-0.05, 0) is 52.2 Å². The molecule has 7 nitrogen and oxygen atoms in total. The van der Waals surface area contributed by atoms with Crippen LogP contribution < -0.4 is 0 Å². The molecule has 0 saturated carbocycles. The second-order valence-corrected chi connectivity index (χ2v) is 7.31. The van der Waals surface area contributed by atoms with Gasteiger partial charge < -0.3 is 10.0 Å². The van der Waals surface area contributed by atoms with E-state index in [1.165, 1.54) is 22.9 Å². The Morgan fingerprint density at radius 2 is 1.89 bits per heavy atom. The van der Waals surface area contributed by atoms with Crippen LogP contribution in [0.15, 0.2) is 65.8 Å². The minimum absolute atomic E-state index is 0.0635. The lowest BCUT2D eigenvalue weighted by Gasteiger charge is -2.26. The highest BCUT2D eigenvalue weighted by Crippen LogP contribution is 2.24. The lowest BCUT2D eigenvalue weighted by Crippen LogP contribution is -2.35. The molecule has 0 atom stereocenters. The summed E-state index contributed by atoms with van der Waals surface area (Å²) >= 11 is 1.30. The van der Waals surface area contributed by atoms with Gasteiger partial charge in [0.1, 0.15) is 5.75 Å². The minimum atomic E-state index is 0.0635. The number of phenolic OH excluding ortho intramolecular Hbond substituents is 1. The summed E-state index contributed by atoms with van der Waals surface area (Å²) in [6, 6.07) is 16.8. The maximum atomic E-state index is 12.6. The average molecular weight is 393 g/mol. The molecule has 4 rings (SSSR count). The Hall–Kier alpha value is -3.13. The molecule has 0 spiro atoms. The fraction of sp³-hybridized carbons (Fsp3) is 0.200. The van der Waals surface area contributed by atoms with E-state index in [0.717, 1.165) is 12.1 Å². The topological polar surface area (TPSA) is 84.1 Å². The van der Waals surface area contributed by atoms with Gasteiger partial charge in [-0.3, -0.25) is 4.79 Å². The Kier molecular flexibility index (Phi) is 5.38. The average Bonchev–Trinajstić information content (AvgIpc) is 3.22. The van der Waals surface area contributed by atoms with Crippen LogP contribution in [0.5, 0.6) is 5.75 Å². The molecule has 142 valence electrons. The molecule has 3 aromatic rings. The molecule has 0 aliphatic carbocycles. The number of hydrogen-bond acceptors (Lipinski definition) is 6. The van der Waals surface area contributed by atoms with E-state index in [2.05, 4.69) is 33.7 Å².